The molecule has 0 saturated carbocycles. The number of benzene rings is 1. The van der Waals surface area contributed by atoms with E-state index in [4.69, 9.17) is 27.9 Å². The van der Waals surface area contributed by atoms with E-state index in [1.165, 1.54) is 13.2 Å². The number of carbonyl (C=O) groups is 1. The highest BCUT2D eigenvalue weighted by Gasteiger charge is 2.16. The number of rotatable bonds is 3. The fraction of sp³-hybridized carbons (Fsp3) is 0.143. The first-order valence-electron chi connectivity index (χ1n) is 5.53. The number of aromatic nitrogens is 1. The second kappa shape index (κ2) is 5.59. The van der Waals surface area contributed by atoms with Crippen molar-refractivity contribution < 1.29 is 9.53 Å². The van der Waals surface area contributed by atoms with E-state index in [9.17, 15) is 4.79 Å². The van der Waals surface area contributed by atoms with E-state index in [1.807, 2.05) is 0 Å². The van der Waals surface area contributed by atoms with Gasteiger partial charge in [-0.2, -0.15) is 0 Å². The maximum atomic E-state index is 12.5. The minimum atomic E-state index is -0.202. The molecule has 0 saturated heterocycles. The molecule has 0 amide bonds. The van der Waals surface area contributed by atoms with Crippen LogP contribution >= 0.6 is 23.2 Å². The minimum absolute atomic E-state index is 0.202. The van der Waals surface area contributed by atoms with Crippen molar-refractivity contribution in [3.05, 3.63) is 57.3 Å². The SMILES string of the molecule is COc1ccc(Cl)cc1C(=O)c1cc(C)nc(Cl)c1. The highest BCUT2D eigenvalue weighted by Crippen LogP contribution is 2.26. The molecule has 1 heterocycles. The van der Waals surface area contributed by atoms with E-state index in [0.717, 1.165) is 0 Å². The first-order chi connectivity index (χ1) is 9.01. The third-order valence-electron chi connectivity index (χ3n) is 2.59. The summed E-state index contributed by atoms with van der Waals surface area (Å²) in [6.07, 6.45) is 0. The maximum absolute atomic E-state index is 12.5. The molecule has 0 spiro atoms. The molecule has 1 aromatic heterocycles. The molecular formula is C14H11Cl2NO2. The molecule has 0 aliphatic rings. The molecular weight excluding hydrogens is 285 g/mol. The van der Waals surface area contributed by atoms with Crippen LogP contribution in [0, 0.1) is 6.92 Å². The molecule has 0 aliphatic heterocycles. The molecule has 0 radical (unpaired) electrons. The lowest BCUT2D eigenvalue weighted by Crippen LogP contribution is -2.05. The van der Waals surface area contributed by atoms with Crippen molar-refractivity contribution in [1.82, 2.24) is 4.98 Å². The molecule has 2 aromatic rings. The van der Waals surface area contributed by atoms with Gasteiger partial charge in [0.1, 0.15) is 10.9 Å². The first kappa shape index (κ1) is 13.8. The summed E-state index contributed by atoms with van der Waals surface area (Å²) in [5, 5.41) is 0.755. The summed E-state index contributed by atoms with van der Waals surface area (Å²) in [6, 6.07) is 8.10. The van der Waals surface area contributed by atoms with Crippen LogP contribution in [0.15, 0.2) is 30.3 Å². The second-order valence-corrected chi connectivity index (χ2v) is 4.82. The van der Waals surface area contributed by atoms with E-state index >= 15 is 0 Å². The van der Waals surface area contributed by atoms with Crippen molar-refractivity contribution in [2.45, 2.75) is 6.92 Å². The van der Waals surface area contributed by atoms with Crippen LogP contribution in [0.4, 0.5) is 0 Å². The third-order valence-corrected chi connectivity index (χ3v) is 3.02. The van der Waals surface area contributed by atoms with Crippen molar-refractivity contribution in [3.8, 4) is 5.75 Å². The number of halogens is 2. The Morgan fingerprint density at radius 2 is 1.95 bits per heavy atom. The highest BCUT2D eigenvalue weighted by molar-refractivity contribution is 6.31. The normalized spacial score (nSPS) is 10.3. The lowest BCUT2D eigenvalue weighted by molar-refractivity contribution is 0.103. The van der Waals surface area contributed by atoms with Gasteiger partial charge in [-0.25, -0.2) is 4.98 Å². The second-order valence-electron chi connectivity index (χ2n) is 3.99. The number of hydrogen-bond donors (Lipinski definition) is 0. The van der Waals surface area contributed by atoms with Crippen LogP contribution in [0.2, 0.25) is 10.2 Å². The molecule has 19 heavy (non-hydrogen) atoms. The van der Waals surface area contributed by atoms with Gasteiger partial charge in [-0.05, 0) is 37.3 Å². The molecule has 0 bridgehead atoms. The zero-order chi connectivity index (χ0) is 14.0. The molecule has 1 aromatic carbocycles. The predicted octanol–water partition coefficient (Wildman–Crippen LogP) is 3.94. The summed E-state index contributed by atoms with van der Waals surface area (Å²) in [7, 11) is 1.50. The van der Waals surface area contributed by atoms with Crippen LogP contribution in [-0.2, 0) is 0 Å². The van der Waals surface area contributed by atoms with Crippen molar-refractivity contribution in [1.29, 1.82) is 0 Å². The number of ketones is 1. The zero-order valence-corrected chi connectivity index (χ0v) is 11.9. The number of hydrogen-bond acceptors (Lipinski definition) is 3. The third kappa shape index (κ3) is 3.06. The molecule has 0 fully saturated rings. The average molecular weight is 296 g/mol. The Hall–Kier alpha value is -1.58. The van der Waals surface area contributed by atoms with Crippen LogP contribution < -0.4 is 4.74 Å². The lowest BCUT2D eigenvalue weighted by atomic mass is 10.0. The van der Waals surface area contributed by atoms with E-state index in [2.05, 4.69) is 4.98 Å². The van der Waals surface area contributed by atoms with Crippen molar-refractivity contribution in [3.63, 3.8) is 0 Å². The van der Waals surface area contributed by atoms with E-state index in [1.54, 1.807) is 31.2 Å². The van der Waals surface area contributed by atoms with Crippen molar-refractivity contribution >= 4 is 29.0 Å². The van der Waals surface area contributed by atoms with Crippen molar-refractivity contribution in [2.75, 3.05) is 7.11 Å². The van der Waals surface area contributed by atoms with Gasteiger partial charge < -0.3 is 4.74 Å². The van der Waals surface area contributed by atoms with Gasteiger partial charge in [0.05, 0.1) is 12.7 Å². The maximum Gasteiger partial charge on any atom is 0.196 e. The van der Waals surface area contributed by atoms with Gasteiger partial charge in [0.2, 0.25) is 0 Å². The summed E-state index contributed by atoms with van der Waals surface area (Å²) in [4.78, 5) is 16.5. The molecule has 2 rings (SSSR count). The summed E-state index contributed by atoms with van der Waals surface area (Å²) < 4.78 is 5.18. The largest absolute Gasteiger partial charge is 0.496 e. The van der Waals surface area contributed by atoms with Crippen LogP contribution in [-0.4, -0.2) is 17.9 Å². The van der Waals surface area contributed by atoms with Gasteiger partial charge >= 0.3 is 0 Å². The molecule has 98 valence electrons. The number of aryl methyl sites for hydroxylation is 1. The Kier molecular flexibility index (Phi) is 4.08. The number of nitrogens with zero attached hydrogens (tertiary/aromatic N) is 1. The Bertz CT molecular complexity index is 621. The Labute approximate surface area is 121 Å². The van der Waals surface area contributed by atoms with Crippen LogP contribution in [0.3, 0.4) is 0 Å². The minimum Gasteiger partial charge on any atom is -0.496 e. The summed E-state index contributed by atoms with van der Waals surface area (Å²) >= 11 is 11.8. The molecule has 0 atom stereocenters. The quantitative estimate of drug-likeness (QED) is 0.636. The lowest BCUT2D eigenvalue weighted by Gasteiger charge is -2.08. The van der Waals surface area contributed by atoms with E-state index in [0.29, 0.717) is 27.6 Å². The fourth-order valence-corrected chi connectivity index (χ4v) is 2.20. The van der Waals surface area contributed by atoms with E-state index < -0.39 is 0 Å². The van der Waals surface area contributed by atoms with Crippen LogP contribution in [0.25, 0.3) is 0 Å². The predicted molar refractivity (Wildman–Crippen MR) is 75.4 cm³/mol. The molecule has 0 N–H and O–H groups in total. The molecule has 0 aliphatic carbocycles. The van der Waals surface area contributed by atoms with Gasteiger partial charge in [0, 0.05) is 16.3 Å². The van der Waals surface area contributed by atoms with Gasteiger partial charge in [-0.15, -0.1) is 0 Å². The Balaban J connectivity index is 2.52. The Morgan fingerprint density at radius 3 is 2.58 bits per heavy atom. The summed E-state index contributed by atoms with van der Waals surface area (Å²) in [6.45, 7) is 1.78. The van der Waals surface area contributed by atoms with Gasteiger partial charge in [-0.3, -0.25) is 4.79 Å². The Morgan fingerprint density at radius 1 is 1.21 bits per heavy atom. The fourth-order valence-electron chi connectivity index (χ4n) is 1.77. The topological polar surface area (TPSA) is 39.2 Å². The standard InChI is InChI=1S/C14H11Cl2NO2/c1-8-5-9(6-13(16)17-8)14(18)11-7-10(15)3-4-12(11)19-2/h3-7H,1-2H3. The van der Waals surface area contributed by atoms with Gasteiger partial charge in [0.15, 0.2) is 5.78 Å². The summed E-state index contributed by atoms with van der Waals surface area (Å²) in [5.74, 6) is 0.270. The first-order valence-corrected chi connectivity index (χ1v) is 6.29. The number of methoxy groups -OCH3 is 1. The number of carbonyl (C=O) groups excluding carboxylic acids is 1. The van der Waals surface area contributed by atoms with Crippen LogP contribution in [0.5, 0.6) is 5.75 Å². The molecule has 0 unspecified atom stereocenters. The van der Waals surface area contributed by atoms with Crippen LogP contribution in [0.1, 0.15) is 21.6 Å². The van der Waals surface area contributed by atoms with Crippen molar-refractivity contribution in [2.24, 2.45) is 0 Å². The number of ether oxygens (including phenoxy) is 1. The van der Waals surface area contributed by atoms with E-state index in [-0.39, 0.29) is 10.9 Å². The molecule has 3 nitrogen and oxygen atoms in total. The zero-order valence-electron chi connectivity index (χ0n) is 10.4. The monoisotopic (exact) mass is 295 g/mol. The van der Waals surface area contributed by atoms with Gasteiger partial charge in [-0.1, -0.05) is 23.2 Å². The molecule has 5 heteroatoms. The highest BCUT2D eigenvalue weighted by atomic mass is 35.5. The smallest absolute Gasteiger partial charge is 0.196 e. The van der Waals surface area contributed by atoms with Gasteiger partial charge in [0.25, 0.3) is 0 Å². The average Bonchev–Trinajstić information content (AvgIpc) is 2.36. The summed E-state index contributed by atoms with van der Waals surface area (Å²) in [5.41, 5.74) is 1.53. The number of pyridine rings is 1.